The summed E-state index contributed by atoms with van der Waals surface area (Å²) in [6, 6.07) is 5.97. The first-order chi connectivity index (χ1) is 15.6. The summed E-state index contributed by atoms with van der Waals surface area (Å²) in [7, 11) is 1.74. The van der Waals surface area contributed by atoms with Gasteiger partial charge in [-0.15, -0.1) is 0 Å². The number of aromatic nitrogens is 1. The molecule has 3 rings (SSSR count). The summed E-state index contributed by atoms with van der Waals surface area (Å²) in [4.78, 5) is 19.6. The summed E-state index contributed by atoms with van der Waals surface area (Å²) in [6.45, 7) is 9.76. The van der Waals surface area contributed by atoms with Crippen LogP contribution in [0, 0.1) is 5.92 Å². The van der Waals surface area contributed by atoms with Crippen LogP contribution >= 0.6 is 0 Å². The third-order valence-corrected chi connectivity index (χ3v) is 6.93. The van der Waals surface area contributed by atoms with E-state index in [4.69, 9.17) is 14.2 Å². The fraction of sp³-hybridized carbons (Fsp3) is 0.778. The first kappa shape index (κ1) is 26.0. The number of nitrogens with zero attached hydrogens (tertiary/aromatic N) is 2. The first-order valence-corrected chi connectivity index (χ1v) is 12.7. The smallest absolute Gasteiger partial charge is 0.412 e. The number of carbonyl (C=O) groups excluding carboxylic acids is 1. The minimum absolute atomic E-state index is 0.00400. The van der Waals surface area contributed by atoms with Gasteiger partial charge in [-0.1, -0.05) is 38.2 Å². The van der Waals surface area contributed by atoms with E-state index in [2.05, 4.69) is 4.98 Å². The summed E-state index contributed by atoms with van der Waals surface area (Å²) in [5.41, 5.74) is -0.259. The maximum Gasteiger partial charge on any atom is 0.412 e. The van der Waals surface area contributed by atoms with E-state index < -0.39 is 11.3 Å². The minimum Gasteiger partial charge on any atom is -0.444 e. The molecule has 0 spiro atoms. The highest BCUT2D eigenvalue weighted by atomic mass is 16.6. The van der Waals surface area contributed by atoms with Crippen molar-refractivity contribution < 1.29 is 19.0 Å². The van der Waals surface area contributed by atoms with Gasteiger partial charge in [0.15, 0.2) is 0 Å². The van der Waals surface area contributed by atoms with Crippen molar-refractivity contribution in [1.82, 2.24) is 9.88 Å². The van der Waals surface area contributed by atoms with E-state index in [1.807, 2.05) is 63.9 Å². The lowest BCUT2D eigenvalue weighted by atomic mass is 9.83. The lowest BCUT2D eigenvalue weighted by Gasteiger charge is -2.37. The number of methoxy groups -OCH3 is 1. The summed E-state index contributed by atoms with van der Waals surface area (Å²) >= 11 is 0. The Hall–Kier alpha value is -1.66. The van der Waals surface area contributed by atoms with Gasteiger partial charge in [0.2, 0.25) is 0 Å². The monoisotopic (exact) mass is 460 g/mol. The molecule has 6 heteroatoms. The van der Waals surface area contributed by atoms with Gasteiger partial charge < -0.3 is 14.2 Å². The average Bonchev–Trinajstić information content (AvgIpc) is 3.00. The largest absolute Gasteiger partial charge is 0.444 e. The quantitative estimate of drug-likeness (QED) is 0.434. The summed E-state index contributed by atoms with van der Waals surface area (Å²) < 4.78 is 18.1. The molecule has 0 unspecified atom stereocenters. The Kier molecular flexibility index (Phi) is 8.79. The highest BCUT2D eigenvalue weighted by Gasteiger charge is 2.51. The van der Waals surface area contributed by atoms with Crippen molar-refractivity contribution in [3.63, 3.8) is 0 Å². The number of ether oxygens (including phenoxy) is 3. The van der Waals surface area contributed by atoms with Gasteiger partial charge in [-0.25, -0.2) is 4.79 Å². The van der Waals surface area contributed by atoms with Crippen molar-refractivity contribution in [2.24, 2.45) is 5.92 Å². The third kappa shape index (κ3) is 7.16. The molecule has 0 bridgehead atoms. The molecule has 1 saturated carbocycles. The zero-order valence-corrected chi connectivity index (χ0v) is 21.5. The van der Waals surface area contributed by atoms with Gasteiger partial charge in [-0.2, -0.15) is 0 Å². The fourth-order valence-electron chi connectivity index (χ4n) is 5.47. The van der Waals surface area contributed by atoms with Crippen LogP contribution in [-0.2, 0) is 14.2 Å². The molecule has 2 aliphatic rings. The molecule has 1 saturated heterocycles. The number of amides is 1. The van der Waals surface area contributed by atoms with Crippen LogP contribution in [-0.4, -0.2) is 46.6 Å². The summed E-state index contributed by atoms with van der Waals surface area (Å²) in [6.07, 6.45) is 11.6. The number of hydrogen-bond acceptors (Lipinski definition) is 5. The predicted molar refractivity (Wildman–Crippen MR) is 130 cm³/mol. The Morgan fingerprint density at radius 3 is 2.58 bits per heavy atom. The van der Waals surface area contributed by atoms with Crippen LogP contribution < -0.4 is 0 Å². The van der Waals surface area contributed by atoms with Crippen LogP contribution in [0.5, 0.6) is 0 Å². The maximum absolute atomic E-state index is 13.3. The van der Waals surface area contributed by atoms with Crippen molar-refractivity contribution in [3.05, 3.63) is 30.1 Å². The molecule has 1 aromatic heterocycles. The van der Waals surface area contributed by atoms with Gasteiger partial charge in [-0.05, 0) is 78.4 Å². The molecular formula is C27H44N2O4. The van der Waals surface area contributed by atoms with E-state index in [1.165, 1.54) is 32.1 Å². The normalized spacial score (nSPS) is 24.6. The molecule has 0 aromatic carbocycles. The molecule has 33 heavy (non-hydrogen) atoms. The molecule has 1 aliphatic carbocycles. The van der Waals surface area contributed by atoms with E-state index in [0.29, 0.717) is 5.92 Å². The van der Waals surface area contributed by atoms with Crippen molar-refractivity contribution >= 4 is 6.09 Å². The van der Waals surface area contributed by atoms with Crippen molar-refractivity contribution in [1.29, 1.82) is 0 Å². The Labute approximate surface area is 200 Å². The van der Waals surface area contributed by atoms with Gasteiger partial charge in [-0.3, -0.25) is 9.88 Å². The molecule has 0 radical (unpaired) electrons. The Morgan fingerprint density at radius 1 is 1.24 bits per heavy atom. The highest BCUT2D eigenvalue weighted by molar-refractivity contribution is 5.70. The Bertz CT molecular complexity index is 740. The number of hydrogen-bond donors (Lipinski definition) is 0. The van der Waals surface area contributed by atoms with Gasteiger partial charge >= 0.3 is 6.09 Å². The van der Waals surface area contributed by atoms with Gasteiger partial charge in [0.25, 0.3) is 0 Å². The Morgan fingerprint density at radius 2 is 1.97 bits per heavy atom. The first-order valence-electron chi connectivity index (χ1n) is 12.7. The van der Waals surface area contributed by atoms with E-state index >= 15 is 0 Å². The van der Waals surface area contributed by atoms with E-state index in [1.54, 1.807) is 7.11 Å². The molecule has 0 N–H and O–H groups in total. The third-order valence-electron chi connectivity index (χ3n) is 6.93. The number of carbonyl (C=O) groups is 1. The van der Waals surface area contributed by atoms with Crippen LogP contribution in [0.3, 0.4) is 0 Å². The maximum atomic E-state index is 13.3. The SMILES string of the molecule is CO[C@H](CCC[C@@H]1OC(C)(C)N(C(=O)OC(C)(C)C)[C@H]1CC1CCCCC1)c1ccccn1. The number of rotatable bonds is 8. The van der Waals surface area contributed by atoms with Crippen LogP contribution in [0.25, 0.3) is 0 Å². The second-order valence-electron chi connectivity index (χ2n) is 11.2. The molecule has 6 nitrogen and oxygen atoms in total. The molecule has 2 heterocycles. The van der Waals surface area contributed by atoms with Crippen molar-refractivity contribution in [3.8, 4) is 0 Å². The molecule has 1 aliphatic heterocycles. The lowest BCUT2D eigenvalue weighted by Crippen LogP contribution is -2.50. The van der Waals surface area contributed by atoms with Crippen LogP contribution in [0.4, 0.5) is 4.79 Å². The number of pyridine rings is 1. The van der Waals surface area contributed by atoms with Crippen LogP contribution in [0.2, 0.25) is 0 Å². The lowest BCUT2D eigenvalue weighted by molar-refractivity contribution is -0.0805. The van der Waals surface area contributed by atoms with Gasteiger partial charge in [0, 0.05) is 13.3 Å². The topological polar surface area (TPSA) is 60.9 Å². The second-order valence-corrected chi connectivity index (χ2v) is 11.2. The fourth-order valence-corrected chi connectivity index (χ4v) is 5.47. The van der Waals surface area contributed by atoms with Crippen molar-refractivity contribution in [2.45, 2.75) is 122 Å². The van der Waals surface area contributed by atoms with Gasteiger partial charge in [0.05, 0.1) is 23.9 Å². The molecule has 1 aromatic rings. The zero-order valence-electron chi connectivity index (χ0n) is 21.5. The molecule has 2 fully saturated rings. The molecule has 3 atom stereocenters. The highest BCUT2D eigenvalue weighted by Crippen LogP contribution is 2.41. The van der Waals surface area contributed by atoms with Gasteiger partial charge in [0.1, 0.15) is 11.3 Å². The van der Waals surface area contributed by atoms with Crippen molar-refractivity contribution in [2.75, 3.05) is 7.11 Å². The molecular weight excluding hydrogens is 416 g/mol. The summed E-state index contributed by atoms with van der Waals surface area (Å²) in [5, 5.41) is 0. The van der Waals surface area contributed by atoms with E-state index in [9.17, 15) is 4.79 Å². The predicted octanol–water partition coefficient (Wildman–Crippen LogP) is 6.65. The standard InChI is InChI=1S/C27H44N2O4/c1-26(2,3)33-25(30)29-22(19-20-13-8-7-9-14-20)24(32-27(29,4)5)17-12-16-23(31-6)21-15-10-11-18-28-21/h10-11,15,18,20,22-24H,7-9,12-14,16-17,19H2,1-6H3/t22-,23+,24-/m0/s1. The molecule has 186 valence electrons. The second kappa shape index (κ2) is 11.2. The molecule has 1 amide bonds. The minimum atomic E-state index is -0.687. The van der Waals surface area contributed by atoms with Crippen LogP contribution in [0.1, 0.15) is 104 Å². The van der Waals surface area contributed by atoms with E-state index in [-0.39, 0.29) is 24.3 Å². The van der Waals surface area contributed by atoms with Crippen LogP contribution in [0.15, 0.2) is 24.4 Å². The summed E-state index contributed by atoms with van der Waals surface area (Å²) in [5.74, 6) is 0.647. The zero-order chi connectivity index (χ0) is 24.1. The van der Waals surface area contributed by atoms with E-state index in [0.717, 1.165) is 31.4 Å². The Balaban J connectivity index is 1.71. The average molecular weight is 461 g/mol.